The molecule has 112 valence electrons. The third-order valence-corrected chi connectivity index (χ3v) is 3.85. The van der Waals surface area contributed by atoms with Crippen LogP contribution in [0.25, 0.3) is 5.95 Å². The lowest BCUT2D eigenvalue weighted by molar-refractivity contribution is 0.0519. The minimum absolute atomic E-state index is 0.328. The Morgan fingerprint density at radius 2 is 2.24 bits per heavy atom. The van der Waals surface area contributed by atoms with E-state index in [-0.39, 0.29) is 0 Å². The molecule has 0 unspecified atom stereocenters. The molecule has 2 aromatic rings. The minimum Gasteiger partial charge on any atom is -0.461 e. The molecule has 0 saturated heterocycles. The van der Waals surface area contributed by atoms with Crippen LogP contribution >= 0.6 is 0 Å². The van der Waals surface area contributed by atoms with E-state index in [0.29, 0.717) is 24.2 Å². The molecule has 3 rings (SSSR count). The van der Waals surface area contributed by atoms with Crippen molar-refractivity contribution in [1.29, 1.82) is 0 Å². The highest BCUT2D eigenvalue weighted by Gasteiger charge is 2.24. The van der Waals surface area contributed by atoms with Crippen LogP contribution in [-0.2, 0) is 4.74 Å². The van der Waals surface area contributed by atoms with E-state index in [4.69, 9.17) is 4.74 Å². The van der Waals surface area contributed by atoms with E-state index in [0.717, 1.165) is 18.5 Å². The second kappa shape index (κ2) is 6.07. The van der Waals surface area contributed by atoms with Gasteiger partial charge < -0.3 is 4.74 Å². The molecule has 0 bridgehead atoms. The van der Waals surface area contributed by atoms with Crippen molar-refractivity contribution in [1.82, 2.24) is 25.0 Å². The number of esters is 1. The number of aromatic amines is 1. The summed E-state index contributed by atoms with van der Waals surface area (Å²) in [5.74, 6) is 0.540. The highest BCUT2D eigenvalue weighted by atomic mass is 16.5. The van der Waals surface area contributed by atoms with Crippen LogP contribution in [0.15, 0.2) is 12.4 Å². The van der Waals surface area contributed by atoms with Crippen LogP contribution in [0.5, 0.6) is 0 Å². The first kappa shape index (κ1) is 13.8. The van der Waals surface area contributed by atoms with Crippen LogP contribution in [-0.4, -0.2) is 37.5 Å². The van der Waals surface area contributed by atoms with Crippen molar-refractivity contribution in [2.75, 3.05) is 6.61 Å². The number of hydrogen-bond acceptors (Lipinski definition) is 5. The topological polar surface area (TPSA) is 85.7 Å². The van der Waals surface area contributed by atoms with Gasteiger partial charge in [-0.05, 0) is 25.8 Å². The number of aromatic nitrogens is 5. The summed E-state index contributed by atoms with van der Waals surface area (Å²) in [5, 5.41) is 11.0. The van der Waals surface area contributed by atoms with Gasteiger partial charge in [-0.15, -0.1) is 0 Å². The lowest BCUT2D eigenvalue weighted by Crippen LogP contribution is -2.12. The Hall–Kier alpha value is -2.18. The highest BCUT2D eigenvalue weighted by Crippen LogP contribution is 2.33. The molecule has 1 saturated carbocycles. The predicted molar refractivity (Wildman–Crippen MR) is 75.3 cm³/mol. The van der Waals surface area contributed by atoms with Crippen molar-refractivity contribution in [3.8, 4) is 5.95 Å². The molecule has 0 amide bonds. The quantitative estimate of drug-likeness (QED) is 0.872. The fourth-order valence-electron chi connectivity index (χ4n) is 2.86. The van der Waals surface area contributed by atoms with Crippen molar-refractivity contribution in [3.63, 3.8) is 0 Å². The van der Waals surface area contributed by atoms with Gasteiger partial charge in [0.1, 0.15) is 6.33 Å². The summed E-state index contributed by atoms with van der Waals surface area (Å²) in [7, 11) is 0. The van der Waals surface area contributed by atoms with Crippen LogP contribution in [0, 0.1) is 0 Å². The van der Waals surface area contributed by atoms with Crippen LogP contribution in [0.2, 0.25) is 0 Å². The molecule has 0 radical (unpaired) electrons. The standard InChI is InChI=1S/C14H19N5O2/c1-2-21-13(20)11-8-12(10-6-4-3-5-7-10)19(18-11)14-15-9-16-17-14/h8-10H,2-7H2,1H3,(H,15,16,17). The maximum absolute atomic E-state index is 11.9. The fraction of sp³-hybridized carbons (Fsp3) is 0.571. The van der Waals surface area contributed by atoms with Crippen molar-refractivity contribution in [2.24, 2.45) is 0 Å². The lowest BCUT2D eigenvalue weighted by Gasteiger charge is -2.21. The van der Waals surface area contributed by atoms with Gasteiger partial charge in [0.05, 0.1) is 12.3 Å². The second-order valence-electron chi connectivity index (χ2n) is 5.23. The van der Waals surface area contributed by atoms with Crippen LogP contribution < -0.4 is 0 Å². The maximum Gasteiger partial charge on any atom is 0.358 e. The number of H-pyrrole nitrogens is 1. The largest absolute Gasteiger partial charge is 0.461 e. The van der Waals surface area contributed by atoms with E-state index in [1.165, 1.54) is 25.6 Å². The van der Waals surface area contributed by atoms with Gasteiger partial charge in [0.25, 0.3) is 0 Å². The molecule has 7 nitrogen and oxygen atoms in total. The number of carbonyl (C=O) groups excluding carboxylic acids is 1. The predicted octanol–water partition coefficient (Wildman–Crippen LogP) is 2.21. The van der Waals surface area contributed by atoms with Gasteiger partial charge in [-0.2, -0.15) is 15.2 Å². The maximum atomic E-state index is 11.9. The zero-order chi connectivity index (χ0) is 14.7. The van der Waals surface area contributed by atoms with E-state index < -0.39 is 5.97 Å². The molecule has 21 heavy (non-hydrogen) atoms. The number of ether oxygens (including phenoxy) is 1. The Balaban J connectivity index is 1.97. The second-order valence-corrected chi connectivity index (χ2v) is 5.23. The molecule has 7 heteroatoms. The van der Waals surface area contributed by atoms with Gasteiger partial charge >= 0.3 is 5.97 Å². The van der Waals surface area contributed by atoms with Crippen molar-refractivity contribution >= 4 is 5.97 Å². The lowest BCUT2D eigenvalue weighted by atomic mass is 9.87. The molecule has 0 spiro atoms. The van der Waals surface area contributed by atoms with E-state index in [1.807, 2.05) is 6.07 Å². The van der Waals surface area contributed by atoms with Gasteiger partial charge in [0.15, 0.2) is 5.69 Å². The summed E-state index contributed by atoms with van der Waals surface area (Å²) in [4.78, 5) is 16.1. The van der Waals surface area contributed by atoms with E-state index in [9.17, 15) is 4.79 Å². The third-order valence-electron chi connectivity index (χ3n) is 3.85. The van der Waals surface area contributed by atoms with Gasteiger partial charge in [-0.25, -0.2) is 14.6 Å². The molecular formula is C14H19N5O2. The zero-order valence-corrected chi connectivity index (χ0v) is 12.1. The van der Waals surface area contributed by atoms with E-state index in [2.05, 4.69) is 20.3 Å². The first-order valence-electron chi connectivity index (χ1n) is 7.42. The van der Waals surface area contributed by atoms with E-state index >= 15 is 0 Å². The van der Waals surface area contributed by atoms with Gasteiger partial charge in [0.2, 0.25) is 5.95 Å². The molecule has 1 N–H and O–H groups in total. The Morgan fingerprint density at radius 3 is 2.90 bits per heavy atom. The molecule has 0 aliphatic heterocycles. The molecule has 0 atom stereocenters. The number of carbonyl (C=O) groups is 1. The fourth-order valence-corrected chi connectivity index (χ4v) is 2.86. The summed E-state index contributed by atoms with van der Waals surface area (Å²) in [5.41, 5.74) is 1.34. The van der Waals surface area contributed by atoms with Gasteiger partial charge in [-0.1, -0.05) is 19.3 Å². The SMILES string of the molecule is CCOC(=O)c1cc(C2CCCCC2)n(-c2ncn[nH]2)n1. The zero-order valence-electron chi connectivity index (χ0n) is 12.1. The van der Waals surface area contributed by atoms with Crippen molar-refractivity contribution < 1.29 is 9.53 Å². The normalized spacial score (nSPS) is 16.0. The Bertz CT molecular complexity index is 599. The molecule has 1 aliphatic rings. The molecule has 1 aliphatic carbocycles. The van der Waals surface area contributed by atoms with E-state index in [1.54, 1.807) is 11.6 Å². The Morgan fingerprint density at radius 1 is 1.43 bits per heavy atom. The summed E-state index contributed by atoms with van der Waals surface area (Å²) in [6.45, 7) is 2.13. The summed E-state index contributed by atoms with van der Waals surface area (Å²) >= 11 is 0. The first-order valence-corrected chi connectivity index (χ1v) is 7.42. The average molecular weight is 289 g/mol. The van der Waals surface area contributed by atoms with Crippen molar-refractivity contribution in [3.05, 3.63) is 23.8 Å². The number of nitrogens with one attached hydrogen (secondary N) is 1. The van der Waals surface area contributed by atoms with Crippen LogP contribution in [0.4, 0.5) is 0 Å². The van der Waals surface area contributed by atoms with Gasteiger partial charge in [0, 0.05) is 5.92 Å². The van der Waals surface area contributed by atoms with Crippen LogP contribution in [0.1, 0.15) is 61.1 Å². The summed E-state index contributed by atoms with van der Waals surface area (Å²) in [6.07, 6.45) is 7.36. The average Bonchev–Trinajstić information content (AvgIpc) is 3.17. The number of rotatable bonds is 4. The Kier molecular flexibility index (Phi) is 3.98. The monoisotopic (exact) mass is 289 g/mol. The van der Waals surface area contributed by atoms with Crippen molar-refractivity contribution in [2.45, 2.75) is 44.9 Å². The minimum atomic E-state index is -0.396. The molecule has 0 aromatic carbocycles. The highest BCUT2D eigenvalue weighted by molar-refractivity contribution is 5.87. The third kappa shape index (κ3) is 2.81. The Labute approximate surface area is 122 Å². The summed E-state index contributed by atoms with van der Waals surface area (Å²) < 4.78 is 6.73. The van der Waals surface area contributed by atoms with Crippen LogP contribution in [0.3, 0.4) is 0 Å². The molecule has 2 heterocycles. The number of nitrogens with zero attached hydrogens (tertiary/aromatic N) is 4. The number of hydrogen-bond donors (Lipinski definition) is 1. The molecular weight excluding hydrogens is 270 g/mol. The smallest absolute Gasteiger partial charge is 0.358 e. The first-order chi connectivity index (χ1) is 10.3. The molecule has 2 aromatic heterocycles. The van der Waals surface area contributed by atoms with Gasteiger partial charge in [-0.3, -0.25) is 0 Å². The molecule has 1 fully saturated rings. The summed E-state index contributed by atoms with van der Waals surface area (Å²) in [6, 6.07) is 1.83.